The van der Waals surface area contributed by atoms with Gasteiger partial charge in [0.1, 0.15) is 0 Å². The van der Waals surface area contributed by atoms with Gasteiger partial charge in [-0.2, -0.15) is 13.2 Å². The first-order valence-electron chi connectivity index (χ1n) is 4.24. The van der Waals surface area contributed by atoms with Gasteiger partial charge >= 0.3 is 6.18 Å². The zero-order valence-corrected chi connectivity index (χ0v) is 9.06. The molecule has 15 heavy (non-hydrogen) atoms. The van der Waals surface area contributed by atoms with Gasteiger partial charge in [-0.3, -0.25) is 0 Å². The van der Waals surface area contributed by atoms with Gasteiger partial charge in [0.25, 0.3) is 0 Å². The first-order chi connectivity index (χ1) is 6.98. The highest BCUT2D eigenvalue weighted by Crippen LogP contribution is 2.35. The molecule has 0 aromatic heterocycles. The van der Waals surface area contributed by atoms with E-state index in [1.54, 1.807) is 18.2 Å². The number of rotatable bonds is 0. The molecule has 0 aliphatic rings. The van der Waals surface area contributed by atoms with E-state index in [0.717, 1.165) is 10.5 Å². The van der Waals surface area contributed by atoms with Crippen LogP contribution in [0.3, 0.4) is 0 Å². The molecule has 4 heteroatoms. The molecule has 0 atom stereocenters. The summed E-state index contributed by atoms with van der Waals surface area (Å²) in [5.74, 6) is 0. The zero-order valence-electron chi connectivity index (χ0n) is 7.48. The average molecular weight is 275 g/mol. The van der Waals surface area contributed by atoms with Crippen molar-refractivity contribution in [1.82, 2.24) is 0 Å². The number of hydrogen-bond donors (Lipinski definition) is 0. The van der Waals surface area contributed by atoms with Crippen LogP contribution in [0, 0.1) is 0 Å². The molecular formula is C11H6BrF3. The summed E-state index contributed by atoms with van der Waals surface area (Å²) in [5.41, 5.74) is -0.590. The minimum absolute atomic E-state index is 0.230. The molecule has 0 radical (unpaired) electrons. The van der Waals surface area contributed by atoms with E-state index < -0.39 is 11.7 Å². The predicted octanol–water partition coefficient (Wildman–Crippen LogP) is 4.62. The monoisotopic (exact) mass is 274 g/mol. The quantitative estimate of drug-likeness (QED) is 0.658. The van der Waals surface area contributed by atoms with Crippen molar-refractivity contribution in [1.29, 1.82) is 0 Å². The fourth-order valence-electron chi connectivity index (χ4n) is 1.50. The van der Waals surface area contributed by atoms with Crippen LogP contribution >= 0.6 is 15.9 Å². The third kappa shape index (κ3) is 2.00. The van der Waals surface area contributed by atoms with Crippen molar-refractivity contribution in [3.63, 3.8) is 0 Å². The van der Waals surface area contributed by atoms with Crippen LogP contribution in [0.2, 0.25) is 0 Å². The average Bonchev–Trinajstić information content (AvgIpc) is 2.15. The van der Waals surface area contributed by atoms with Crippen molar-refractivity contribution >= 4 is 26.7 Å². The van der Waals surface area contributed by atoms with Gasteiger partial charge in [-0.1, -0.05) is 34.1 Å². The second-order valence-electron chi connectivity index (χ2n) is 3.17. The number of hydrogen-bond acceptors (Lipinski definition) is 0. The molecule has 0 nitrogen and oxygen atoms in total. The van der Waals surface area contributed by atoms with E-state index in [1.165, 1.54) is 12.1 Å². The van der Waals surface area contributed by atoms with Crippen molar-refractivity contribution in [2.24, 2.45) is 0 Å². The van der Waals surface area contributed by atoms with Crippen molar-refractivity contribution in [3.8, 4) is 0 Å². The van der Waals surface area contributed by atoms with Crippen molar-refractivity contribution in [2.45, 2.75) is 6.18 Å². The molecule has 0 heterocycles. The second-order valence-corrected chi connectivity index (χ2v) is 4.08. The number of alkyl halides is 3. The number of benzene rings is 2. The van der Waals surface area contributed by atoms with Gasteiger partial charge in [-0.05, 0) is 29.0 Å². The molecule has 0 aliphatic heterocycles. The van der Waals surface area contributed by atoms with Crippen LogP contribution in [0.4, 0.5) is 13.2 Å². The Morgan fingerprint density at radius 3 is 2.40 bits per heavy atom. The molecule has 0 unspecified atom stereocenters. The molecule has 0 spiro atoms. The standard InChI is InChI=1S/C11H6BrF3/c12-8-4-5-9-7(6-8)2-1-3-10(9)11(13,14)15/h1-6H. The van der Waals surface area contributed by atoms with E-state index in [4.69, 9.17) is 0 Å². The Hall–Kier alpha value is -1.03. The highest BCUT2D eigenvalue weighted by Gasteiger charge is 2.32. The van der Waals surface area contributed by atoms with Gasteiger partial charge in [-0.15, -0.1) is 0 Å². The molecule has 0 N–H and O–H groups in total. The number of halogens is 4. The summed E-state index contributed by atoms with van der Waals surface area (Å²) in [6, 6.07) is 8.92. The first-order valence-corrected chi connectivity index (χ1v) is 5.03. The van der Waals surface area contributed by atoms with Crippen LogP contribution in [0.25, 0.3) is 10.8 Å². The van der Waals surface area contributed by atoms with Gasteiger partial charge < -0.3 is 0 Å². The Morgan fingerprint density at radius 1 is 1.00 bits per heavy atom. The summed E-state index contributed by atoms with van der Waals surface area (Å²) in [6.45, 7) is 0. The Morgan fingerprint density at radius 2 is 1.73 bits per heavy atom. The number of fused-ring (bicyclic) bond motifs is 1. The van der Waals surface area contributed by atoms with Gasteiger partial charge in [0.2, 0.25) is 0 Å². The maximum atomic E-state index is 12.6. The summed E-state index contributed by atoms with van der Waals surface area (Å²) in [5, 5.41) is 0.812. The summed E-state index contributed by atoms with van der Waals surface area (Å²) < 4.78 is 38.6. The molecule has 0 saturated carbocycles. The Kier molecular flexibility index (Phi) is 2.46. The molecule has 0 bridgehead atoms. The molecule has 0 fully saturated rings. The molecule has 2 aromatic rings. The molecular weight excluding hydrogens is 269 g/mol. The predicted molar refractivity (Wildman–Crippen MR) is 56.7 cm³/mol. The minimum Gasteiger partial charge on any atom is -0.166 e. The third-order valence-corrected chi connectivity index (χ3v) is 2.64. The fraction of sp³-hybridized carbons (Fsp3) is 0.0909. The van der Waals surface area contributed by atoms with Gasteiger partial charge in [0.05, 0.1) is 5.56 Å². The van der Waals surface area contributed by atoms with Crippen LogP contribution in [0.1, 0.15) is 5.56 Å². The molecule has 0 aliphatic carbocycles. The molecule has 2 aromatic carbocycles. The van der Waals surface area contributed by atoms with Gasteiger partial charge in [0.15, 0.2) is 0 Å². The maximum absolute atomic E-state index is 12.6. The summed E-state index contributed by atoms with van der Waals surface area (Å²) in [6.07, 6.45) is -4.30. The normalized spacial score (nSPS) is 12.0. The van der Waals surface area contributed by atoms with Crippen molar-refractivity contribution in [3.05, 3.63) is 46.4 Å². The highest BCUT2D eigenvalue weighted by molar-refractivity contribution is 9.10. The SMILES string of the molecule is FC(F)(F)c1cccc2cc(Br)ccc12. The van der Waals surface area contributed by atoms with Crippen molar-refractivity contribution in [2.75, 3.05) is 0 Å². The Balaban J connectivity index is 2.77. The Bertz CT molecular complexity index is 503. The van der Waals surface area contributed by atoms with E-state index in [2.05, 4.69) is 15.9 Å². The van der Waals surface area contributed by atoms with E-state index >= 15 is 0 Å². The highest BCUT2D eigenvalue weighted by atomic mass is 79.9. The topological polar surface area (TPSA) is 0 Å². The van der Waals surface area contributed by atoms with Crippen LogP contribution in [0.15, 0.2) is 40.9 Å². The smallest absolute Gasteiger partial charge is 0.166 e. The largest absolute Gasteiger partial charge is 0.417 e. The first kappa shape index (κ1) is 10.5. The third-order valence-electron chi connectivity index (χ3n) is 2.15. The second kappa shape index (κ2) is 3.52. The summed E-state index contributed by atoms with van der Waals surface area (Å²) in [4.78, 5) is 0. The molecule has 0 amide bonds. The van der Waals surface area contributed by atoms with E-state index in [9.17, 15) is 13.2 Å². The lowest BCUT2D eigenvalue weighted by molar-refractivity contribution is -0.136. The summed E-state index contributed by atoms with van der Waals surface area (Å²) in [7, 11) is 0. The Labute approximate surface area is 92.8 Å². The van der Waals surface area contributed by atoms with Crippen LogP contribution in [0.5, 0.6) is 0 Å². The molecule has 0 saturated heterocycles. The lowest BCUT2D eigenvalue weighted by atomic mass is 10.0. The van der Waals surface area contributed by atoms with Gasteiger partial charge in [0, 0.05) is 4.47 Å². The van der Waals surface area contributed by atoms with E-state index in [1.807, 2.05) is 0 Å². The minimum atomic E-state index is -4.30. The van der Waals surface area contributed by atoms with E-state index in [0.29, 0.717) is 5.39 Å². The van der Waals surface area contributed by atoms with Crippen LogP contribution in [-0.4, -0.2) is 0 Å². The van der Waals surface area contributed by atoms with Crippen molar-refractivity contribution < 1.29 is 13.2 Å². The fourth-order valence-corrected chi connectivity index (χ4v) is 1.88. The maximum Gasteiger partial charge on any atom is 0.417 e. The summed E-state index contributed by atoms with van der Waals surface area (Å²) >= 11 is 3.23. The van der Waals surface area contributed by atoms with Crippen LogP contribution < -0.4 is 0 Å². The lowest BCUT2D eigenvalue weighted by Gasteiger charge is -2.10. The lowest BCUT2D eigenvalue weighted by Crippen LogP contribution is -2.05. The zero-order chi connectivity index (χ0) is 11.1. The van der Waals surface area contributed by atoms with Crippen LogP contribution in [-0.2, 0) is 6.18 Å². The molecule has 2 rings (SSSR count). The molecule has 78 valence electrons. The van der Waals surface area contributed by atoms with E-state index in [-0.39, 0.29) is 5.39 Å². The van der Waals surface area contributed by atoms with Gasteiger partial charge in [-0.25, -0.2) is 0 Å².